The number of fused-ring (bicyclic) bond motifs is 1. The van der Waals surface area contributed by atoms with Crippen LogP contribution in [0.4, 0.5) is 0 Å². The summed E-state index contributed by atoms with van der Waals surface area (Å²) in [7, 11) is 3.99. The van der Waals surface area contributed by atoms with Crippen LogP contribution in [-0.4, -0.2) is 35.3 Å². The Morgan fingerprint density at radius 2 is 1.95 bits per heavy atom. The van der Waals surface area contributed by atoms with Crippen molar-refractivity contribution < 1.29 is 9.84 Å². The monoisotopic (exact) mass is 288 g/mol. The van der Waals surface area contributed by atoms with E-state index in [2.05, 4.69) is 11.1 Å². The third-order valence-corrected chi connectivity index (χ3v) is 4.56. The van der Waals surface area contributed by atoms with Crippen LogP contribution in [-0.2, 0) is 5.60 Å². The maximum absolute atomic E-state index is 10.7. The Kier molecular flexibility index (Phi) is 3.68. The smallest absolute Gasteiger partial charge is 0.149 e. The van der Waals surface area contributed by atoms with E-state index in [-0.39, 0.29) is 6.23 Å². The highest BCUT2D eigenvalue weighted by Crippen LogP contribution is 2.39. The number of H-pyrrole nitrogens is 1. The topological polar surface area (TPSA) is 48.5 Å². The zero-order valence-corrected chi connectivity index (χ0v) is 13.0. The first kappa shape index (κ1) is 14.4. The maximum atomic E-state index is 10.7. The summed E-state index contributed by atoms with van der Waals surface area (Å²) in [5, 5.41) is 11.8. The van der Waals surface area contributed by atoms with Crippen LogP contribution in [0.15, 0.2) is 24.3 Å². The van der Waals surface area contributed by atoms with Crippen LogP contribution in [0.5, 0.6) is 5.75 Å². The normalized spacial score (nSPS) is 19.3. The van der Waals surface area contributed by atoms with Gasteiger partial charge in [0.25, 0.3) is 0 Å². The number of aromatic amines is 1. The van der Waals surface area contributed by atoms with Crippen LogP contribution in [0.3, 0.4) is 0 Å². The minimum atomic E-state index is -0.670. The molecular formula is C17H24N2O2. The quantitative estimate of drug-likeness (QED) is 0.849. The number of rotatable bonds is 4. The Morgan fingerprint density at radius 3 is 2.62 bits per heavy atom. The van der Waals surface area contributed by atoms with E-state index < -0.39 is 5.60 Å². The van der Waals surface area contributed by atoms with Gasteiger partial charge in [0.1, 0.15) is 17.6 Å². The molecule has 1 saturated carbocycles. The van der Waals surface area contributed by atoms with Crippen LogP contribution >= 0.6 is 0 Å². The molecule has 1 unspecified atom stereocenters. The van der Waals surface area contributed by atoms with Crippen molar-refractivity contribution in [1.82, 2.24) is 9.88 Å². The summed E-state index contributed by atoms with van der Waals surface area (Å²) in [4.78, 5) is 5.39. The molecule has 3 rings (SSSR count). The van der Waals surface area contributed by atoms with Gasteiger partial charge >= 0.3 is 0 Å². The molecule has 4 heteroatoms. The summed E-state index contributed by atoms with van der Waals surface area (Å²) in [6.45, 7) is 2.02. The van der Waals surface area contributed by atoms with Crippen LogP contribution in [0.25, 0.3) is 10.9 Å². The van der Waals surface area contributed by atoms with Gasteiger partial charge in [0.15, 0.2) is 0 Å². The highest BCUT2D eigenvalue weighted by atomic mass is 16.5. The lowest BCUT2D eigenvalue weighted by atomic mass is 9.98. The zero-order valence-electron chi connectivity index (χ0n) is 13.0. The van der Waals surface area contributed by atoms with Gasteiger partial charge in [0.05, 0.1) is 0 Å². The molecule has 1 aliphatic rings. The minimum absolute atomic E-state index is 0.0277. The van der Waals surface area contributed by atoms with Gasteiger partial charge < -0.3 is 14.8 Å². The molecule has 1 aromatic heterocycles. The molecule has 1 aromatic carbocycles. The van der Waals surface area contributed by atoms with Gasteiger partial charge in [-0.05, 0) is 58.1 Å². The number of ether oxygens (including phenoxy) is 1. The van der Waals surface area contributed by atoms with Crippen LogP contribution in [0.2, 0.25) is 0 Å². The lowest BCUT2D eigenvalue weighted by Crippen LogP contribution is -2.30. The molecule has 114 valence electrons. The van der Waals surface area contributed by atoms with Crippen molar-refractivity contribution in [2.24, 2.45) is 0 Å². The molecule has 0 radical (unpaired) electrons. The van der Waals surface area contributed by atoms with Crippen molar-refractivity contribution in [1.29, 1.82) is 0 Å². The van der Waals surface area contributed by atoms with Gasteiger partial charge in [-0.25, -0.2) is 0 Å². The van der Waals surface area contributed by atoms with Crippen LogP contribution < -0.4 is 4.74 Å². The van der Waals surface area contributed by atoms with E-state index in [1.165, 1.54) is 0 Å². The Hall–Kier alpha value is -1.52. The number of hydrogen-bond donors (Lipinski definition) is 2. The Bertz CT molecular complexity index is 627. The standard InChI is InChI=1S/C17H24N2O2/c1-12(19(2)3)21-14-6-7-15-13(10-14)11-16(18-15)17(20)8-4-5-9-17/h6-7,10-12,18,20H,4-5,8-9H2,1-3H3. The van der Waals surface area contributed by atoms with Gasteiger partial charge in [0, 0.05) is 16.6 Å². The minimum Gasteiger partial charge on any atom is -0.475 e. The van der Waals surface area contributed by atoms with E-state index in [1.54, 1.807) is 0 Å². The molecular weight excluding hydrogens is 264 g/mol. The summed E-state index contributed by atoms with van der Waals surface area (Å²) < 4.78 is 5.89. The Balaban J connectivity index is 1.88. The van der Waals surface area contributed by atoms with E-state index >= 15 is 0 Å². The molecule has 1 atom stereocenters. The fourth-order valence-electron chi connectivity index (χ4n) is 2.97. The van der Waals surface area contributed by atoms with Crippen molar-refractivity contribution in [3.63, 3.8) is 0 Å². The summed E-state index contributed by atoms with van der Waals surface area (Å²) >= 11 is 0. The number of aliphatic hydroxyl groups is 1. The van der Waals surface area contributed by atoms with Crippen molar-refractivity contribution in [3.05, 3.63) is 30.0 Å². The highest BCUT2D eigenvalue weighted by Gasteiger charge is 2.34. The van der Waals surface area contributed by atoms with Crippen molar-refractivity contribution >= 4 is 10.9 Å². The second kappa shape index (κ2) is 5.35. The zero-order chi connectivity index (χ0) is 15.0. The molecule has 1 fully saturated rings. The Morgan fingerprint density at radius 1 is 1.24 bits per heavy atom. The predicted molar refractivity (Wildman–Crippen MR) is 84.4 cm³/mol. The van der Waals surface area contributed by atoms with Crippen molar-refractivity contribution in [2.75, 3.05) is 14.1 Å². The highest BCUT2D eigenvalue weighted by molar-refractivity contribution is 5.82. The fraction of sp³-hybridized carbons (Fsp3) is 0.529. The molecule has 0 aliphatic heterocycles. The average molecular weight is 288 g/mol. The number of nitrogens with zero attached hydrogens (tertiary/aromatic N) is 1. The summed E-state index contributed by atoms with van der Waals surface area (Å²) in [6.07, 6.45) is 3.92. The third kappa shape index (κ3) is 2.78. The molecule has 0 spiro atoms. The van der Waals surface area contributed by atoms with Gasteiger partial charge in [0.2, 0.25) is 0 Å². The summed E-state index contributed by atoms with van der Waals surface area (Å²) in [6, 6.07) is 8.09. The first-order valence-electron chi connectivity index (χ1n) is 7.67. The molecule has 0 bridgehead atoms. The SMILES string of the molecule is CC(Oc1ccc2[nH]c(C3(O)CCCC3)cc2c1)N(C)C. The number of benzene rings is 1. The van der Waals surface area contributed by atoms with E-state index in [4.69, 9.17) is 4.74 Å². The average Bonchev–Trinajstić information content (AvgIpc) is 3.05. The Labute approximate surface area is 125 Å². The first-order valence-corrected chi connectivity index (χ1v) is 7.67. The maximum Gasteiger partial charge on any atom is 0.149 e. The second-order valence-electron chi connectivity index (χ2n) is 6.35. The molecule has 21 heavy (non-hydrogen) atoms. The van der Waals surface area contributed by atoms with Crippen LogP contribution in [0.1, 0.15) is 38.3 Å². The lowest BCUT2D eigenvalue weighted by Gasteiger charge is -2.21. The molecule has 2 aromatic rings. The molecule has 1 heterocycles. The summed E-state index contributed by atoms with van der Waals surface area (Å²) in [5.74, 6) is 0.854. The molecule has 4 nitrogen and oxygen atoms in total. The summed E-state index contributed by atoms with van der Waals surface area (Å²) in [5.41, 5.74) is 1.32. The molecule has 0 amide bonds. The van der Waals surface area contributed by atoms with E-state index in [0.29, 0.717) is 0 Å². The number of aromatic nitrogens is 1. The largest absolute Gasteiger partial charge is 0.475 e. The van der Waals surface area contributed by atoms with Crippen LogP contribution in [0, 0.1) is 0 Å². The number of nitrogens with one attached hydrogen (secondary N) is 1. The van der Waals surface area contributed by atoms with E-state index in [0.717, 1.165) is 48.0 Å². The third-order valence-electron chi connectivity index (χ3n) is 4.56. The van der Waals surface area contributed by atoms with Crippen molar-refractivity contribution in [2.45, 2.75) is 44.4 Å². The van der Waals surface area contributed by atoms with Gasteiger partial charge in [-0.15, -0.1) is 0 Å². The number of hydrogen-bond acceptors (Lipinski definition) is 3. The molecule has 2 N–H and O–H groups in total. The first-order chi connectivity index (χ1) is 9.98. The lowest BCUT2D eigenvalue weighted by molar-refractivity contribution is 0.0407. The van der Waals surface area contributed by atoms with E-state index in [1.807, 2.05) is 44.1 Å². The van der Waals surface area contributed by atoms with Gasteiger partial charge in [-0.2, -0.15) is 0 Å². The fourth-order valence-corrected chi connectivity index (χ4v) is 2.97. The van der Waals surface area contributed by atoms with Gasteiger partial charge in [-0.3, -0.25) is 4.90 Å². The molecule has 1 aliphatic carbocycles. The van der Waals surface area contributed by atoms with Crippen molar-refractivity contribution in [3.8, 4) is 5.75 Å². The molecule has 0 saturated heterocycles. The predicted octanol–water partition coefficient (Wildman–Crippen LogP) is 3.22. The second-order valence-corrected chi connectivity index (χ2v) is 6.35. The van der Waals surface area contributed by atoms with Gasteiger partial charge in [-0.1, -0.05) is 12.8 Å². The van der Waals surface area contributed by atoms with E-state index in [9.17, 15) is 5.11 Å².